The number of anilines is 1. The summed E-state index contributed by atoms with van der Waals surface area (Å²) in [7, 11) is 0. The van der Waals surface area contributed by atoms with Crippen molar-refractivity contribution >= 4 is 39.8 Å². The average Bonchev–Trinajstić information content (AvgIpc) is 3.16. The molecule has 0 spiro atoms. The summed E-state index contributed by atoms with van der Waals surface area (Å²) in [6.45, 7) is 4.09. The van der Waals surface area contributed by atoms with Crippen molar-refractivity contribution in [1.29, 1.82) is 0 Å². The molecule has 2 unspecified atom stereocenters. The molecule has 0 radical (unpaired) electrons. The van der Waals surface area contributed by atoms with Crippen LogP contribution in [0.1, 0.15) is 43.4 Å². The van der Waals surface area contributed by atoms with Crippen molar-refractivity contribution in [3.63, 3.8) is 0 Å². The van der Waals surface area contributed by atoms with Gasteiger partial charge in [-0.3, -0.25) is 14.6 Å². The number of hydrogen-bond acceptors (Lipinski definition) is 5. The molecule has 8 heteroatoms. The van der Waals surface area contributed by atoms with Crippen LogP contribution in [0.15, 0.2) is 58.1 Å². The van der Waals surface area contributed by atoms with Gasteiger partial charge in [0, 0.05) is 10.2 Å². The summed E-state index contributed by atoms with van der Waals surface area (Å²) < 4.78 is 1.01. The highest BCUT2D eigenvalue weighted by molar-refractivity contribution is 9.10. The SMILES string of the molecule is CC(C)c1cccc(NC(=O)CN2N=CN3NC(c4ccc(Br)cc4)CC3C2=O)c1. The Hall–Kier alpha value is -2.71. The zero-order chi connectivity index (χ0) is 21.3. The molecule has 1 saturated heterocycles. The lowest BCUT2D eigenvalue weighted by Crippen LogP contribution is -2.52. The van der Waals surface area contributed by atoms with E-state index in [2.05, 4.69) is 45.6 Å². The van der Waals surface area contributed by atoms with Gasteiger partial charge in [-0.25, -0.2) is 10.4 Å². The minimum Gasteiger partial charge on any atom is -0.324 e. The third-order valence-corrected chi connectivity index (χ3v) is 5.89. The van der Waals surface area contributed by atoms with Gasteiger partial charge in [-0.15, -0.1) is 0 Å². The fraction of sp³-hybridized carbons (Fsp3) is 0.318. The molecule has 0 aliphatic carbocycles. The molecule has 2 amide bonds. The fourth-order valence-electron chi connectivity index (χ4n) is 3.68. The van der Waals surface area contributed by atoms with E-state index in [9.17, 15) is 9.59 Å². The standard InChI is InChI=1S/C22H24BrN5O2/c1-14(2)16-4-3-5-18(10-16)25-21(29)12-27-22(30)20-11-19(26-28(20)13-24-27)15-6-8-17(23)9-7-15/h3-10,13-14,19-20,26H,11-12H2,1-2H3,(H,25,29). The molecule has 0 aromatic heterocycles. The number of nitrogens with one attached hydrogen (secondary N) is 2. The summed E-state index contributed by atoms with van der Waals surface area (Å²) in [5.74, 6) is -0.0874. The molecular formula is C22H24BrN5O2. The van der Waals surface area contributed by atoms with Crippen LogP contribution >= 0.6 is 15.9 Å². The van der Waals surface area contributed by atoms with E-state index in [4.69, 9.17) is 0 Å². The van der Waals surface area contributed by atoms with Crippen LogP contribution in [0.5, 0.6) is 0 Å². The van der Waals surface area contributed by atoms with Gasteiger partial charge in [-0.05, 0) is 47.7 Å². The molecular weight excluding hydrogens is 446 g/mol. The Kier molecular flexibility index (Phi) is 5.87. The van der Waals surface area contributed by atoms with E-state index in [1.54, 1.807) is 11.3 Å². The van der Waals surface area contributed by atoms with Crippen LogP contribution in [-0.2, 0) is 9.59 Å². The van der Waals surface area contributed by atoms with Gasteiger partial charge in [0.25, 0.3) is 5.91 Å². The summed E-state index contributed by atoms with van der Waals surface area (Å²) in [4.78, 5) is 25.4. The van der Waals surface area contributed by atoms with E-state index in [-0.39, 0.29) is 30.4 Å². The van der Waals surface area contributed by atoms with E-state index in [0.717, 1.165) is 21.3 Å². The second-order valence-electron chi connectivity index (χ2n) is 7.85. The molecule has 2 aromatic carbocycles. The molecule has 7 nitrogen and oxygen atoms in total. The minimum absolute atomic E-state index is 0.0195. The molecule has 4 rings (SSSR count). The average molecular weight is 470 g/mol. The van der Waals surface area contributed by atoms with Crippen molar-refractivity contribution < 1.29 is 9.59 Å². The van der Waals surface area contributed by atoms with E-state index in [1.807, 2.05) is 48.5 Å². The Bertz CT molecular complexity index is 976. The second-order valence-corrected chi connectivity index (χ2v) is 8.76. The Morgan fingerprint density at radius 2 is 2.03 bits per heavy atom. The first kappa shape index (κ1) is 20.6. The zero-order valence-corrected chi connectivity index (χ0v) is 18.5. The van der Waals surface area contributed by atoms with Crippen LogP contribution in [0.3, 0.4) is 0 Å². The third kappa shape index (κ3) is 4.39. The molecule has 156 valence electrons. The van der Waals surface area contributed by atoms with Gasteiger partial charge in [0.1, 0.15) is 18.9 Å². The van der Waals surface area contributed by atoms with Crippen LogP contribution in [0, 0.1) is 0 Å². The van der Waals surface area contributed by atoms with Gasteiger partial charge >= 0.3 is 0 Å². The highest BCUT2D eigenvalue weighted by Crippen LogP contribution is 2.30. The molecule has 2 aromatic rings. The van der Waals surface area contributed by atoms with Crippen molar-refractivity contribution in [1.82, 2.24) is 15.4 Å². The Morgan fingerprint density at radius 1 is 1.27 bits per heavy atom. The number of benzene rings is 2. The van der Waals surface area contributed by atoms with Crippen molar-refractivity contribution in [3.05, 3.63) is 64.1 Å². The van der Waals surface area contributed by atoms with E-state index >= 15 is 0 Å². The Labute approximate surface area is 184 Å². The summed E-state index contributed by atoms with van der Waals surface area (Å²) in [5, 5.41) is 10.0. The van der Waals surface area contributed by atoms with Crippen molar-refractivity contribution in [2.24, 2.45) is 5.10 Å². The Balaban J connectivity index is 1.38. The summed E-state index contributed by atoms with van der Waals surface area (Å²) in [6, 6.07) is 15.4. The van der Waals surface area contributed by atoms with E-state index in [1.165, 1.54) is 5.01 Å². The van der Waals surface area contributed by atoms with Gasteiger partial charge < -0.3 is 5.32 Å². The topological polar surface area (TPSA) is 77.0 Å². The van der Waals surface area contributed by atoms with Gasteiger partial charge in [0.2, 0.25) is 5.91 Å². The van der Waals surface area contributed by atoms with Crippen LogP contribution in [0.25, 0.3) is 0 Å². The van der Waals surface area contributed by atoms with Gasteiger partial charge in [-0.1, -0.05) is 54.0 Å². The van der Waals surface area contributed by atoms with Crippen molar-refractivity contribution in [3.8, 4) is 0 Å². The van der Waals surface area contributed by atoms with E-state index < -0.39 is 0 Å². The molecule has 2 N–H and O–H groups in total. The minimum atomic E-state index is -0.381. The van der Waals surface area contributed by atoms with Gasteiger partial charge in [-0.2, -0.15) is 5.10 Å². The highest BCUT2D eigenvalue weighted by atomic mass is 79.9. The van der Waals surface area contributed by atoms with Gasteiger partial charge in [0.05, 0.1) is 6.04 Å². The molecule has 0 saturated carbocycles. The first-order valence-electron chi connectivity index (χ1n) is 9.96. The molecule has 0 bridgehead atoms. The summed E-state index contributed by atoms with van der Waals surface area (Å²) in [5.41, 5.74) is 6.28. The molecule has 1 fully saturated rings. The van der Waals surface area contributed by atoms with Crippen molar-refractivity contribution in [2.45, 2.75) is 38.3 Å². The quantitative estimate of drug-likeness (QED) is 0.700. The number of carbonyl (C=O) groups excluding carboxylic acids is 2. The van der Waals surface area contributed by atoms with E-state index in [0.29, 0.717) is 12.3 Å². The predicted octanol–water partition coefficient (Wildman–Crippen LogP) is 3.62. The molecule has 2 aliphatic heterocycles. The lowest BCUT2D eigenvalue weighted by atomic mass is 10.0. The third-order valence-electron chi connectivity index (χ3n) is 5.36. The lowest BCUT2D eigenvalue weighted by molar-refractivity contribution is -0.139. The normalized spacial score (nSPS) is 20.6. The Morgan fingerprint density at radius 3 is 2.77 bits per heavy atom. The van der Waals surface area contributed by atoms with Crippen LogP contribution in [0.2, 0.25) is 0 Å². The number of hydrazine groups is 1. The molecule has 2 heterocycles. The van der Waals surface area contributed by atoms with Crippen LogP contribution < -0.4 is 10.7 Å². The monoisotopic (exact) mass is 469 g/mol. The number of halogens is 1. The zero-order valence-electron chi connectivity index (χ0n) is 16.9. The number of nitrogens with zero attached hydrogens (tertiary/aromatic N) is 3. The summed E-state index contributed by atoms with van der Waals surface area (Å²) >= 11 is 3.44. The first-order valence-corrected chi connectivity index (χ1v) is 10.8. The van der Waals surface area contributed by atoms with Gasteiger partial charge in [0.15, 0.2) is 0 Å². The largest absolute Gasteiger partial charge is 0.324 e. The number of carbonyl (C=O) groups is 2. The highest BCUT2D eigenvalue weighted by Gasteiger charge is 2.41. The number of fused-ring (bicyclic) bond motifs is 1. The maximum atomic E-state index is 12.9. The molecule has 30 heavy (non-hydrogen) atoms. The number of rotatable bonds is 5. The number of amides is 2. The fourth-order valence-corrected chi connectivity index (χ4v) is 3.94. The maximum Gasteiger partial charge on any atom is 0.267 e. The number of hydrazone groups is 1. The smallest absolute Gasteiger partial charge is 0.267 e. The second kappa shape index (κ2) is 8.57. The lowest BCUT2D eigenvalue weighted by Gasteiger charge is -2.29. The van der Waals surface area contributed by atoms with Crippen molar-refractivity contribution in [2.75, 3.05) is 11.9 Å². The predicted molar refractivity (Wildman–Crippen MR) is 120 cm³/mol. The maximum absolute atomic E-state index is 12.9. The first-order chi connectivity index (χ1) is 14.4. The molecule has 2 atom stereocenters. The molecule has 2 aliphatic rings. The summed E-state index contributed by atoms with van der Waals surface area (Å²) in [6.07, 6.45) is 2.19. The van der Waals surface area contributed by atoms with Crippen LogP contribution in [0.4, 0.5) is 5.69 Å². The number of hydrogen-bond donors (Lipinski definition) is 2. The van der Waals surface area contributed by atoms with Crippen LogP contribution in [-0.4, -0.2) is 40.8 Å².